The van der Waals surface area contributed by atoms with E-state index in [0.717, 1.165) is 11.3 Å². The SMILES string of the molecule is C=Cc1sc(-c2cn(C)nc2C)nc1C(F)F. The van der Waals surface area contributed by atoms with Crippen LogP contribution in [0, 0.1) is 6.92 Å². The first-order valence-corrected chi connectivity index (χ1v) is 5.76. The Balaban J connectivity index is 2.53. The van der Waals surface area contributed by atoms with Crippen LogP contribution in [-0.4, -0.2) is 14.8 Å². The highest BCUT2D eigenvalue weighted by atomic mass is 32.1. The molecule has 0 aliphatic rings. The maximum Gasteiger partial charge on any atom is 0.281 e. The van der Waals surface area contributed by atoms with Crippen LogP contribution in [0.3, 0.4) is 0 Å². The van der Waals surface area contributed by atoms with Gasteiger partial charge in [0, 0.05) is 13.2 Å². The highest BCUT2D eigenvalue weighted by molar-refractivity contribution is 7.16. The monoisotopic (exact) mass is 255 g/mol. The largest absolute Gasteiger partial charge is 0.281 e. The highest BCUT2D eigenvalue weighted by Gasteiger charge is 2.20. The minimum atomic E-state index is -2.58. The van der Waals surface area contributed by atoms with Crippen LogP contribution in [0.5, 0.6) is 0 Å². The molecule has 0 radical (unpaired) electrons. The highest BCUT2D eigenvalue weighted by Crippen LogP contribution is 2.34. The maximum absolute atomic E-state index is 12.7. The van der Waals surface area contributed by atoms with Crippen molar-refractivity contribution in [2.75, 3.05) is 0 Å². The fraction of sp³-hybridized carbons (Fsp3) is 0.273. The lowest BCUT2D eigenvalue weighted by Gasteiger charge is -1.93. The van der Waals surface area contributed by atoms with Crippen molar-refractivity contribution in [3.05, 3.63) is 29.0 Å². The van der Waals surface area contributed by atoms with Gasteiger partial charge in [-0.3, -0.25) is 4.68 Å². The van der Waals surface area contributed by atoms with Crippen molar-refractivity contribution in [2.24, 2.45) is 7.05 Å². The Morgan fingerprint density at radius 3 is 2.65 bits per heavy atom. The van der Waals surface area contributed by atoms with Crippen LogP contribution in [0.4, 0.5) is 8.78 Å². The van der Waals surface area contributed by atoms with Crippen LogP contribution in [0.1, 0.15) is 22.7 Å². The molecule has 0 saturated carbocycles. The van der Waals surface area contributed by atoms with E-state index in [4.69, 9.17) is 0 Å². The Morgan fingerprint density at radius 1 is 1.53 bits per heavy atom. The van der Waals surface area contributed by atoms with Gasteiger partial charge >= 0.3 is 0 Å². The van der Waals surface area contributed by atoms with Crippen LogP contribution in [-0.2, 0) is 7.05 Å². The van der Waals surface area contributed by atoms with Gasteiger partial charge in [0.2, 0.25) is 0 Å². The fourth-order valence-corrected chi connectivity index (χ4v) is 2.56. The van der Waals surface area contributed by atoms with Crippen molar-refractivity contribution in [1.82, 2.24) is 14.8 Å². The second-order valence-electron chi connectivity index (χ2n) is 3.58. The number of aromatic nitrogens is 3. The molecule has 0 saturated heterocycles. The van der Waals surface area contributed by atoms with E-state index in [1.54, 1.807) is 17.9 Å². The average Bonchev–Trinajstić information content (AvgIpc) is 2.81. The van der Waals surface area contributed by atoms with Gasteiger partial charge in [0.15, 0.2) is 0 Å². The third-order valence-corrected chi connectivity index (χ3v) is 3.42. The molecule has 0 spiro atoms. The van der Waals surface area contributed by atoms with Crippen molar-refractivity contribution in [1.29, 1.82) is 0 Å². The molecule has 17 heavy (non-hydrogen) atoms. The summed E-state index contributed by atoms with van der Waals surface area (Å²) in [4.78, 5) is 4.38. The lowest BCUT2D eigenvalue weighted by atomic mass is 10.3. The summed E-state index contributed by atoms with van der Waals surface area (Å²) in [6.45, 7) is 5.35. The predicted octanol–water partition coefficient (Wildman–Crippen LogP) is 3.43. The number of rotatable bonds is 3. The average molecular weight is 255 g/mol. The first-order valence-electron chi connectivity index (χ1n) is 4.95. The third-order valence-electron chi connectivity index (χ3n) is 2.32. The lowest BCUT2D eigenvalue weighted by molar-refractivity contribution is 0.146. The molecule has 2 aromatic rings. The predicted molar refractivity (Wildman–Crippen MR) is 64.1 cm³/mol. The van der Waals surface area contributed by atoms with Crippen molar-refractivity contribution >= 4 is 17.4 Å². The van der Waals surface area contributed by atoms with Crippen molar-refractivity contribution in [3.8, 4) is 10.6 Å². The second-order valence-corrected chi connectivity index (χ2v) is 4.61. The van der Waals surface area contributed by atoms with E-state index in [1.807, 2.05) is 6.92 Å². The van der Waals surface area contributed by atoms with Gasteiger partial charge in [-0.25, -0.2) is 13.8 Å². The molecule has 0 aliphatic heterocycles. The minimum Gasteiger partial charge on any atom is -0.275 e. The zero-order valence-corrected chi connectivity index (χ0v) is 10.3. The molecule has 6 heteroatoms. The van der Waals surface area contributed by atoms with Gasteiger partial charge in [0.1, 0.15) is 10.7 Å². The Kier molecular flexibility index (Phi) is 3.06. The van der Waals surface area contributed by atoms with Crippen LogP contribution < -0.4 is 0 Å². The molecular formula is C11H11F2N3S. The summed E-state index contributed by atoms with van der Waals surface area (Å²) < 4.78 is 27.1. The Bertz CT molecular complexity index is 557. The number of nitrogens with zero attached hydrogens (tertiary/aromatic N) is 3. The zero-order chi connectivity index (χ0) is 12.6. The van der Waals surface area contributed by atoms with E-state index >= 15 is 0 Å². The lowest BCUT2D eigenvalue weighted by Crippen LogP contribution is -1.87. The fourth-order valence-electron chi connectivity index (χ4n) is 1.57. The molecule has 2 aromatic heterocycles. The van der Waals surface area contributed by atoms with E-state index in [2.05, 4.69) is 16.7 Å². The summed E-state index contributed by atoms with van der Waals surface area (Å²) in [7, 11) is 1.78. The molecular weight excluding hydrogens is 244 g/mol. The summed E-state index contributed by atoms with van der Waals surface area (Å²) in [5, 5.41) is 4.72. The molecule has 0 bridgehead atoms. The number of alkyl halides is 2. The van der Waals surface area contributed by atoms with E-state index in [9.17, 15) is 8.78 Å². The topological polar surface area (TPSA) is 30.7 Å². The third kappa shape index (κ3) is 2.12. The molecule has 2 rings (SSSR count). The van der Waals surface area contributed by atoms with Gasteiger partial charge in [0.25, 0.3) is 6.43 Å². The van der Waals surface area contributed by atoms with E-state index in [-0.39, 0.29) is 5.69 Å². The van der Waals surface area contributed by atoms with Gasteiger partial charge < -0.3 is 0 Å². The Hall–Kier alpha value is -1.56. The quantitative estimate of drug-likeness (QED) is 0.841. The van der Waals surface area contributed by atoms with Crippen LogP contribution in [0.25, 0.3) is 16.6 Å². The van der Waals surface area contributed by atoms with Crippen molar-refractivity contribution < 1.29 is 8.78 Å². The zero-order valence-electron chi connectivity index (χ0n) is 9.44. The molecule has 0 atom stereocenters. The molecule has 0 aromatic carbocycles. The standard InChI is InChI=1S/C11H11F2N3S/c1-4-8-9(10(12)13)14-11(17-8)7-5-16(3)15-6(7)2/h4-5,10H,1H2,2-3H3. The van der Waals surface area contributed by atoms with Gasteiger partial charge in [-0.05, 0) is 6.92 Å². The minimum absolute atomic E-state index is 0.205. The number of hydrogen-bond acceptors (Lipinski definition) is 3. The van der Waals surface area contributed by atoms with Gasteiger partial charge in [-0.1, -0.05) is 12.7 Å². The van der Waals surface area contributed by atoms with Crippen molar-refractivity contribution in [3.63, 3.8) is 0 Å². The number of thiazole rings is 1. The van der Waals surface area contributed by atoms with Crippen molar-refractivity contribution in [2.45, 2.75) is 13.3 Å². The molecule has 0 amide bonds. The smallest absolute Gasteiger partial charge is 0.275 e. The molecule has 2 heterocycles. The maximum atomic E-state index is 12.7. The van der Waals surface area contributed by atoms with E-state index in [0.29, 0.717) is 9.88 Å². The van der Waals surface area contributed by atoms with E-state index in [1.165, 1.54) is 17.4 Å². The van der Waals surface area contributed by atoms with Gasteiger partial charge in [-0.2, -0.15) is 5.10 Å². The first kappa shape index (κ1) is 11.9. The summed E-state index contributed by atoms with van der Waals surface area (Å²) in [5.41, 5.74) is 1.36. The van der Waals surface area contributed by atoms with Crippen LogP contribution >= 0.6 is 11.3 Å². The van der Waals surface area contributed by atoms with Crippen LogP contribution in [0.2, 0.25) is 0 Å². The van der Waals surface area contributed by atoms with E-state index < -0.39 is 6.43 Å². The Morgan fingerprint density at radius 2 is 2.24 bits per heavy atom. The molecule has 90 valence electrons. The molecule has 0 aliphatic carbocycles. The molecule has 0 N–H and O–H groups in total. The van der Waals surface area contributed by atoms with Crippen LogP contribution in [0.15, 0.2) is 12.8 Å². The van der Waals surface area contributed by atoms with Gasteiger partial charge in [-0.15, -0.1) is 11.3 Å². The number of hydrogen-bond donors (Lipinski definition) is 0. The summed E-state index contributed by atoms with van der Waals surface area (Å²) in [6, 6.07) is 0. The normalized spacial score (nSPS) is 11.1. The Labute approximate surface area is 101 Å². The molecule has 3 nitrogen and oxygen atoms in total. The van der Waals surface area contributed by atoms with Gasteiger partial charge in [0.05, 0.1) is 16.1 Å². The summed E-state index contributed by atoms with van der Waals surface area (Å²) in [5.74, 6) is 0. The number of halogens is 2. The number of aryl methyl sites for hydroxylation is 2. The molecule has 0 fully saturated rings. The summed E-state index contributed by atoms with van der Waals surface area (Å²) in [6.07, 6.45) is 0.606. The summed E-state index contributed by atoms with van der Waals surface area (Å²) >= 11 is 1.21. The second kappa shape index (κ2) is 4.37. The molecule has 0 unspecified atom stereocenters. The first-order chi connectivity index (χ1) is 8.02.